The van der Waals surface area contributed by atoms with Crippen molar-refractivity contribution in [2.75, 3.05) is 13.1 Å². The van der Waals surface area contributed by atoms with Gasteiger partial charge in [-0.15, -0.1) is 0 Å². The molecule has 1 amide bonds. The van der Waals surface area contributed by atoms with E-state index < -0.39 is 15.6 Å². The molecule has 1 saturated carbocycles. The molecule has 132 valence electrons. The van der Waals surface area contributed by atoms with Gasteiger partial charge in [-0.1, -0.05) is 25.0 Å². The van der Waals surface area contributed by atoms with Crippen LogP contribution in [0, 0.1) is 0 Å². The van der Waals surface area contributed by atoms with Crippen LogP contribution in [0.1, 0.15) is 44.1 Å². The summed E-state index contributed by atoms with van der Waals surface area (Å²) >= 11 is 0. The lowest BCUT2D eigenvalue weighted by atomic mass is 9.98. The molecule has 0 aromatic heterocycles. The molecule has 2 fully saturated rings. The first kappa shape index (κ1) is 17.4. The number of nitrogens with zero attached hydrogens (tertiary/aromatic N) is 1. The molecule has 0 atom stereocenters. The fourth-order valence-corrected chi connectivity index (χ4v) is 4.97. The van der Waals surface area contributed by atoms with Crippen molar-refractivity contribution < 1.29 is 13.2 Å². The number of nitrogens with one attached hydrogen (secondary N) is 1. The van der Waals surface area contributed by atoms with E-state index >= 15 is 0 Å². The minimum Gasteiger partial charge on any atom is -0.350 e. The van der Waals surface area contributed by atoms with Crippen molar-refractivity contribution in [2.24, 2.45) is 5.73 Å². The molecule has 1 saturated heterocycles. The summed E-state index contributed by atoms with van der Waals surface area (Å²) in [5.74, 6) is -0.117. The standard InChI is InChI=1S/C17H25N3O3S/c18-17(9-1-2-10-17)16(21)19-13-14-5-7-15(8-6-14)24(22,23)20-11-3-4-12-20/h5-8H,1-4,9-13,18H2,(H,19,21). The van der Waals surface area contributed by atoms with Crippen LogP contribution in [-0.2, 0) is 21.4 Å². The summed E-state index contributed by atoms with van der Waals surface area (Å²) in [6.45, 7) is 1.55. The summed E-state index contributed by atoms with van der Waals surface area (Å²) in [6, 6.07) is 6.73. The number of rotatable bonds is 5. The molecular weight excluding hydrogens is 326 g/mol. The highest BCUT2D eigenvalue weighted by Crippen LogP contribution is 2.27. The molecule has 1 aromatic carbocycles. The molecule has 7 heteroatoms. The van der Waals surface area contributed by atoms with Gasteiger partial charge in [0.1, 0.15) is 0 Å². The van der Waals surface area contributed by atoms with Crippen LogP contribution in [0.2, 0.25) is 0 Å². The van der Waals surface area contributed by atoms with E-state index in [9.17, 15) is 13.2 Å². The van der Waals surface area contributed by atoms with Gasteiger partial charge in [-0.2, -0.15) is 4.31 Å². The van der Waals surface area contributed by atoms with Crippen molar-refractivity contribution in [1.29, 1.82) is 0 Å². The molecule has 6 nitrogen and oxygen atoms in total. The van der Waals surface area contributed by atoms with Crippen molar-refractivity contribution in [3.8, 4) is 0 Å². The molecule has 0 radical (unpaired) electrons. The van der Waals surface area contributed by atoms with Gasteiger partial charge in [-0.25, -0.2) is 8.42 Å². The minimum absolute atomic E-state index is 0.117. The number of hydrogen-bond donors (Lipinski definition) is 2. The van der Waals surface area contributed by atoms with Gasteiger partial charge in [0.25, 0.3) is 0 Å². The quantitative estimate of drug-likeness (QED) is 0.838. The maximum atomic E-state index is 12.5. The molecule has 2 aliphatic rings. The van der Waals surface area contributed by atoms with Crippen LogP contribution in [0.5, 0.6) is 0 Å². The summed E-state index contributed by atoms with van der Waals surface area (Å²) in [7, 11) is -3.38. The Morgan fingerprint density at radius 2 is 1.67 bits per heavy atom. The van der Waals surface area contributed by atoms with Gasteiger partial charge in [-0.05, 0) is 43.4 Å². The van der Waals surface area contributed by atoms with Gasteiger partial charge < -0.3 is 11.1 Å². The monoisotopic (exact) mass is 351 g/mol. The zero-order valence-electron chi connectivity index (χ0n) is 13.8. The summed E-state index contributed by atoms with van der Waals surface area (Å²) in [4.78, 5) is 12.5. The van der Waals surface area contributed by atoms with E-state index in [1.54, 1.807) is 24.3 Å². The number of hydrogen-bond acceptors (Lipinski definition) is 4. The molecule has 1 aliphatic carbocycles. The third kappa shape index (κ3) is 3.48. The lowest BCUT2D eigenvalue weighted by Gasteiger charge is -2.22. The molecule has 0 spiro atoms. The highest BCUT2D eigenvalue weighted by atomic mass is 32.2. The van der Waals surface area contributed by atoms with Crippen molar-refractivity contribution >= 4 is 15.9 Å². The Morgan fingerprint density at radius 3 is 2.25 bits per heavy atom. The molecule has 24 heavy (non-hydrogen) atoms. The van der Waals surface area contributed by atoms with Gasteiger partial charge >= 0.3 is 0 Å². The molecule has 3 rings (SSSR count). The van der Waals surface area contributed by atoms with Crippen LogP contribution < -0.4 is 11.1 Å². The van der Waals surface area contributed by atoms with Gasteiger partial charge in [0.15, 0.2) is 0 Å². The number of amides is 1. The second-order valence-electron chi connectivity index (χ2n) is 6.80. The topological polar surface area (TPSA) is 92.5 Å². The second kappa shape index (κ2) is 6.82. The Morgan fingerprint density at radius 1 is 1.08 bits per heavy atom. The average Bonchev–Trinajstić information content (AvgIpc) is 3.25. The molecular formula is C17H25N3O3S. The van der Waals surface area contributed by atoms with Crippen LogP contribution in [0.15, 0.2) is 29.2 Å². The molecule has 1 aliphatic heterocycles. The number of carbonyl (C=O) groups is 1. The van der Waals surface area contributed by atoms with Crippen molar-refractivity contribution in [2.45, 2.75) is 55.5 Å². The van der Waals surface area contributed by atoms with E-state index in [4.69, 9.17) is 5.73 Å². The van der Waals surface area contributed by atoms with Gasteiger partial charge in [-0.3, -0.25) is 4.79 Å². The first-order valence-corrected chi connectivity index (χ1v) is 10.0. The fourth-order valence-electron chi connectivity index (χ4n) is 3.45. The largest absolute Gasteiger partial charge is 0.350 e. The summed E-state index contributed by atoms with van der Waals surface area (Å²) in [6.07, 6.45) is 5.28. The van der Waals surface area contributed by atoms with Gasteiger partial charge in [0.05, 0.1) is 10.4 Å². The van der Waals surface area contributed by atoms with Crippen LogP contribution in [-0.4, -0.2) is 37.3 Å². The zero-order valence-corrected chi connectivity index (χ0v) is 14.6. The lowest BCUT2D eigenvalue weighted by Crippen LogP contribution is -2.51. The normalized spacial score (nSPS) is 21.0. The zero-order chi connectivity index (χ0) is 17.2. The summed E-state index contributed by atoms with van der Waals surface area (Å²) < 4.78 is 26.5. The predicted octanol–water partition coefficient (Wildman–Crippen LogP) is 1.36. The molecule has 1 aromatic rings. The maximum Gasteiger partial charge on any atom is 0.243 e. The van der Waals surface area contributed by atoms with E-state index in [1.165, 1.54) is 4.31 Å². The number of benzene rings is 1. The van der Waals surface area contributed by atoms with Gasteiger partial charge in [0, 0.05) is 19.6 Å². The lowest BCUT2D eigenvalue weighted by molar-refractivity contribution is -0.126. The van der Waals surface area contributed by atoms with Gasteiger partial charge in [0.2, 0.25) is 15.9 Å². The first-order chi connectivity index (χ1) is 11.4. The fraction of sp³-hybridized carbons (Fsp3) is 0.588. The Kier molecular flexibility index (Phi) is 4.94. The summed E-state index contributed by atoms with van der Waals surface area (Å²) in [5.41, 5.74) is 6.25. The first-order valence-electron chi connectivity index (χ1n) is 8.58. The van der Waals surface area contributed by atoms with Crippen LogP contribution in [0.4, 0.5) is 0 Å². The van der Waals surface area contributed by atoms with Crippen LogP contribution >= 0.6 is 0 Å². The number of nitrogens with two attached hydrogens (primary N) is 1. The smallest absolute Gasteiger partial charge is 0.243 e. The third-order valence-corrected chi connectivity index (χ3v) is 6.94. The van der Waals surface area contributed by atoms with Crippen molar-refractivity contribution in [3.05, 3.63) is 29.8 Å². The van der Waals surface area contributed by atoms with Crippen LogP contribution in [0.25, 0.3) is 0 Å². The van der Waals surface area contributed by atoms with E-state index in [0.29, 0.717) is 24.5 Å². The SMILES string of the molecule is NC1(C(=O)NCc2ccc(S(=O)(=O)N3CCCC3)cc2)CCCC1. The Balaban J connectivity index is 1.61. The average molecular weight is 351 g/mol. The highest BCUT2D eigenvalue weighted by Gasteiger charge is 2.36. The maximum absolute atomic E-state index is 12.5. The molecule has 0 unspecified atom stereocenters. The third-order valence-electron chi connectivity index (χ3n) is 5.03. The molecule has 3 N–H and O–H groups in total. The minimum atomic E-state index is -3.38. The molecule has 0 bridgehead atoms. The van der Waals surface area contributed by atoms with E-state index in [0.717, 1.165) is 44.1 Å². The van der Waals surface area contributed by atoms with E-state index in [-0.39, 0.29) is 5.91 Å². The number of sulfonamides is 1. The predicted molar refractivity (Wildman–Crippen MR) is 91.7 cm³/mol. The van der Waals surface area contributed by atoms with Crippen LogP contribution in [0.3, 0.4) is 0 Å². The van der Waals surface area contributed by atoms with E-state index in [1.807, 2.05) is 0 Å². The molecule has 1 heterocycles. The second-order valence-corrected chi connectivity index (χ2v) is 8.74. The highest BCUT2D eigenvalue weighted by molar-refractivity contribution is 7.89. The van der Waals surface area contributed by atoms with Crippen molar-refractivity contribution in [3.63, 3.8) is 0 Å². The Bertz CT molecular complexity index is 688. The Labute approximate surface area is 143 Å². The number of carbonyl (C=O) groups excluding carboxylic acids is 1. The van der Waals surface area contributed by atoms with Crippen molar-refractivity contribution in [1.82, 2.24) is 9.62 Å². The summed E-state index contributed by atoms with van der Waals surface area (Å²) in [5, 5.41) is 2.87. The van der Waals surface area contributed by atoms with E-state index in [2.05, 4.69) is 5.32 Å². The Hall–Kier alpha value is -1.44.